The van der Waals surface area contributed by atoms with E-state index in [-0.39, 0.29) is 16.4 Å². The van der Waals surface area contributed by atoms with E-state index in [2.05, 4.69) is 127 Å². The van der Waals surface area contributed by atoms with E-state index < -0.39 is 0 Å². The van der Waals surface area contributed by atoms with Crippen LogP contribution in [0.25, 0.3) is 0 Å². The van der Waals surface area contributed by atoms with E-state index in [1.165, 1.54) is 22.3 Å². The highest BCUT2D eigenvalue weighted by atomic mass is 16.5. The first-order valence-electron chi connectivity index (χ1n) is 10.5. The van der Waals surface area contributed by atoms with Crippen LogP contribution in [-0.4, -0.2) is 5.60 Å². The van der Waals surface area contributed by atoms with Gasteiger partial charge in [0.25, 0.3) is 0 Å². The van der Waals surface area contributed by atoms with Gasteiger partial charge in [0.1, 0.15) is 11.4 Å². The molecular weight excluding hydrogens is 352 g/mol. The lowest BCUT2D eigenvalue weighted by Crippen LogP contribution is -2.28. The Kier molecular flexibility index (Phi) is 5.63. The molecule has 0 aliphatic carbocycles. The minimum atomic E-state index is -0.252. The van der Waals surface area contributed by atoms with Crippen LogP contribution in [0, 0.1) is 0 Å². The van der Waals surface area contributed by atoms with Crippen molar-refractivity contribution in [3.63, 3.8) is 0 Å². The zero-order chi connectivity index (χ0) is 21.3. The Labute approximate surface area is 176 Å². The van der Waals surface area contributed by atoms with Gasteiger partial charge in [-0.15, -0.1) is 0 Å². The molecule has 0 radical (unpaired) electrons. The highest BCUT2D eigenvalue weighted by Gasteiger charge is 2.31. The van der Waals surface area contributed by atoms with Crippen molar-refractivity contribution in [3.8, 4) is 5.75 Å². The Morgan fingerprint density at radius 3 is 1.48 bits per heavy atom. The molecule has 3 aromatic rings. The van der Waals surface area contributed by atoms with E-state index >= 15 is 0 Å². The molecule has 0 spiro atoms. The standard InChI is InChI=1S/C28H34O/c1-26(2,3)29-25-19-18-23(27(4,5)21-14-10-8-11-15-21)20-24(25)28(6,7)22-16-12-9-13-17-22/h8-20H,1-7H3. The lowest BCUT2D eigenvalue weighted by molar-refractivity contribution is 0.128. The van der Waals surface area contributed by atoms with Gasteiger partial charge in [0, 0.05) is 16.4 Å². The highest BCUT2D eigenvalue weighted by molar-refractivity contribution is 5.51. The molecule has 0 aliphatic rings. The van der Waals surface area contributed by atoms with Crippen LogP contribution in [-0.2, 0) is 10.8 Å². The molecule has 0 aliphatic heterocycles. The molecule has 0 amide bonds. The largest absolute Gasteiger partial charge is 0.488 e. The summed E-state index contributed by atoms with van der Waals surface area (Å²) in [6.07, 6.45) is 0. The molecule has 0 unspecified atom stereocenters. The lowest BCUT2D eigenvalue weighted by atomic mass is 9.73. The summed E-state index contributed by atoms with van der Waals surface area (Å²) in [5, 5.41) is 0. The van der Waals surface area contributed by atoms with E-state index in [1.54, 1.807) is 0 Å². The quantitative estimate of drug-likeness (QED) is 0.441. The van der Waals surface area contributed by atoms with Crippen LogP contribution in [0.1, 0.15) is 70.7 Å². The molecule has 0 saturated carbocycles. The van der Waals surface area contributed by atoms with Crippen LogP contribution in [0.3, 0.4) is 0 Å². The van der Waals surface area contributed by atoms with Crippen molar-refractivity contribution in [1.29, 1.82) is 0 Å². The second-order valence-corrected chi connectivity index (χ2v) is 9.91. The van der Waals surface area contributed by atoms with Gasteiger partial charge in [0.2, 0.25) is 0 Å². The average molecular weight is 387 g/mol. The third-order valence-corrected chi connectivity index (χ3v) is 5.78. The molecule has 152 valence electrons. The molecule has 0 fully saturated rings. The summed E-state index contributed by atoms with van der Waals surface area (Å²) in [6.45, 7) is 15.5. The second-order valence-electron chi connectivity index (χ2n) is 9.91. The predicted molar refractivity (Wildman–Crippen MR) is 124 cm³/mol. The predicted octanol–water partition coefficient (Wildman–Crippen LogP) is 7.52. The van der Waals surface area contributed by atoms with Crippen molar-refractivity contribution in [2.75, 3.05) is 0 Å². The molecule has 0 N–H and O–H groups in total. The number of benzene rings is 3. The number of hydrogen-bond donors (Lipinski definition) is 0. The van der Waals surface area contributed by atoms with Gasteiger partial charge in [0.05, 0.1) is 0 Å². The van der Waals surface area contributed by atoms with Crippen LogP contribution < -0.4 is 4.74 Å². The molecule has 0 bridgehead atoms. The average Bonchev–Trinajstić information content (AvgIpc) is 2.68. The first-order valence-corrected chi connectivity index (χ1v) is 10.5. The van der Waals surface area contributed by atoms with Crippen LogP contribution in [0.5, 0.6) is 5.75 Å². The second kappa shape index (κ2) is 7.71. The fraction of sp³-hybridized carbons (Fsp3) is 0.357. The first kappa shape index (κ1) is 21.2. The Bertz CT molecular complexity index is 945. The fourth-order valence-corrected chi connectivity index (χ4v) is 3.86. The third-order valence-electron chi connectivity index (χ3n) is 5.78. The molecule has 0 saturated heterocycles. The number of ether oxygens (including phenoxy) is 1. The van der Waals surface area contributed by atoms with Crippen molar-refractivity contribution >= 4 is 0 Å². The number of rotatable bonds is 5. The van der Waals surface area contributed by atoms with Crippen LogP contribution >= 0.6 is 0 Å². The van der Waals surface area contributed by atoms with Crippen LogP contribution in [0.2, 0.25) is 0 Å². The van der Waals surface area contributed by atoms with Gasteiger partial charge >= 0.3 is 0 Å². The zero-order valence-corrected chi connectivity index (χ0v) is 18.9. The minimum absolute atomic E-state index is 0.0942. The summed E-state index contributed by atoms with van der Waals surface area (Å²) >= 11 is 0. The van der Waals surface area contributed by atoms with Crippen LogP contribution in [0.15, 0.2) is 78.9 Å². The zero-order valence-electron chi connectivity index (χ0n) is 18.9. The van der Waals surface area contributed by atoms with Gasteiger partial charge in [-0.2, -0.15) is 0 Å². The SMILES string of the molecule is CC(C)(C)Oc1ccc(C(C)(C)c2ccccc2)cc1C(C)(C)c1ccccc1. The van der Waals surface area contributed by atoms with Gasteiger partial charge < -0.3 is 4.74 Å². The summed E-state index contributed by atoms with van der Waals surface area (Å²) in [5.74, 6) is 0.957. The van der Waals surface area contributed by atoms with E-state index in [0.29, 0.717) is 0 Å². The molecular formula is C28H34O. The summed E-state index contributed by atoms with van der Waals surface area (Å²) in [4.78, 5) is 0. The van der Waals surface area contributed by atoms with Crippen LogP contribution in [0.4, 0.5) is 0 Å². The van der Waals surface area contributed by atoms with E-state index in [4.69, 9.17) is 4.74 Å². The molecule has 29 heavy (non-hydrogen) atoms. The maximum Gasteiger partial charge on any atom is 0.124 e. The summed E-state index contributed by atoms with van der Waals surface area (Å²) in [7, 11) is 0. The normalized spacial score (nSPS) is 12.7. The maximum atomic E-state index is 6.41. The summed E-state index contributed by atoms with van der Waals surface area (Å²) in [6, 6.07) is 28.1. The van der Waals surface area contributed by atoms with Crippen molar-refractivity contribution in [3.05, 3.63) is 101 Å². The summed E-state index contributed by atoms with van der Waals surface area (Å²) < 4.78 is 6.41. The third kappa shape index (κ3) is 4.56. The van der Waals surface area contributed by atoms with Gasteiger partial charge in [0.15, 0.2) is 0 Å². The van der Waals surface area contributed by atoms with Gasteiger partial charge in [-0.05, 0) is 43.5 Å². The van der Waals surface area contributed by atoms with E-state index in [9.17, 15) is 0 Å². The highest BCUT2D eigenvalue weighted by Crippen LogP contribution is 2.42. The Morgan fingerprint density at radius 2 is 1.00 bits per heavy atom. The molecule has 0 heterocycles. The minimum Gasteiger partial charge on any atom is -0.488 e. The van der Waals surface area contributed by atoms with Crippen molar-refractivity contribution in [2.24, 2.45) is 0 Å². The van der Waals surface area contributed by atoms with Gasteiger partial charge in [-0.3, -0.25) is 0 Å². The van der Waals surface area contributed by atoms with E-state index in [0.717, 1.165) is 5.75 Å². The smallest absolute Gasteiger partial charge is 0.124 e. The molecule has 3 aromatic carbocycles. The van der Waals surface area contributed by atoms with Crippen molar-refractivity contribution in [1.82, 2.24) is 0 Å². The van der Waals surface area contributed by atoms with Gasteiger partial charge in [-0.25, -0.2) is 0 Å². The maximum absolute atomic E-state index is 6.41. The van der Waals surface area contributed by atoms with Gasteiger partial charge in [-0.1, -0.05) is 100 Å². The Morgan fingerprint density at radius 1 is 0.517 bits per heavy atom. The molecule has 1 nitrogen and oxygen atoms in total. The summed E-state index contributed by atoms with van der Waals surface area (Å²) in [5.41, 5.74) is 4.59. The number of hydrogen-bond acceptors (Lipinski definition) is 1. The Balaban J connectivity index is 2.17. The molecule has 0 atom stereocenters. The van der Waals surface area contributed by atoms with E-state index in [1.807, 2.05) is 0 Å². The molecule has 1 heteroatoms. The van der Waals surface area contributed by atoms with Crippen molar-refractivity contribution < 1.29 is 4.74 Å². The molecule has 3 rings (SSSR count). The lowest BCUT2D eigenvalue weighted by Gasteiger charge is -2.34. The topological polar surface area (TPSA) is 9.23 Å². The monoisotopic (exact) mass is 386 g/mol. The fourth-order valence-electron chi connectivity index (χ4n) is 3.86. The first-order chi connectivity index (χ1) is 13.5. The molecule has 0 aromatic heterocycles. The van der Waals surface area contributed by atoms with Crippen molar-refractivity contribution in [2.45, 2.75) is 64.9 Å². The Hall–Kier alpha value is -2.54.